The van der Waals surface area contributed by atoms with E-state index in [0.717, 1.165) is 12.8 Å². The van der Waals surface area contributed by atoms with Crippen molar-refractivity contribution in [2.45, 2.75) is 25.8 Å². The van der Waals surface area contributed by atoms with Crippen LogP contribution in [0.15, 0.2) is 15.8 Å². The first-order valence-electron chi connectivity index (χ1n) is 6.34. The normalized spacial score (nSPS) is 19.4. The molecule has 0 radical (unpaired) electrons. The Morgan fingerprint density at radius 2 is 2.32 bits per heavy atom. The Labute approximate surface area is 109 Å². The third-order valence-electron chi connectivity index (χ3n) is 3.16. The zero-order valence-corrected chi connectivity index (χ0v) is 10.8. The van der Waals surface area contributed by atoms with Crippen molar-refractivity contribution in [1.82, 2.24) is 14.9 Å². The predicted octanol–water partition coefficient (Wildman–Crippen LogP) is -0.296. The van der Waals surface area contributed by atoms with Crippen LogP contribution in [-0.2, 0) is 4.74 Å². The summed E-state index contributed by atoms with van der Waals surface area (Å²) in [6.07, 6.45) is 2.93. The van der Waals surface area contributed by atoms with Crippen molar-refractivity contribution in [3.8, 4) is 0 Å². The lowest BCUT2D eigenvalue weighted by molar-refractivity contribution is -0.00446. The van der Waals surface area contributed by atoms with Gasteiger partial charge in [0.2, 0.25) is 0 Å². The molecule has 2 heterocycles. The van der Waals surface area contributed by atoms with E-state index in [1.807, 2.05) is 6.92 Å². The number of aromatic amines is 2. The van der Waals surface area contributed by atoms with Gasteiger partial charge in [-0.25, -0.2) is 4.79 Å². The third kappa shape index (κ3) is 2.93. The van der Waals surface area contributed by atoms with Crippen molar-refractivity contribution in [3.63, 3.8) is 0 Å². The van der Waals surface area contributed by atoms with E-state index < -0.39 is 11.2 Å². The lowest BCUT2D eigenvalue weighted by Crippen LogP contribution is -2.50. The van der Waals surface area contributed by atoms with Crippen molar-refractivity contribution >= 4 is 5.91 Å². The van der Waals surface area contributed by atoms with Gasteiger partial charge in [-0.05, 0) is 6.42 Å². The second-order valence-corrected chi connectivity index (χ2v) is 4.50. The van der Waals surface area contributed by atoms with Crippen LogP contribution in [0.25, 0.3) is 0 Å². The van der Waals surface area contributed by atoms with Gasteiger partial charge in [0.15, 0.2) is 0 Å². The maximum Gasteiger partial charge on any atom is 0.325 e. The molecule has 1 fully saturated rings. The Bertz CT molecular complexity index is 561. The van der Waals surface area contributed by atoms with Crippen molar-refractivity contribution in [1.29, 1.82) is 0 Å². The summed E-state index contributed by atoms with van der Waals surface area (Å²) in [6, 6.07) is -0.0161. The molecule has 19 heavy (non-hydrogen) atoms. The molecule has 1 aliphatic rings. The number of aromatic nitrogens is 2. The molecule has 1 aromatic rings. The summed E-state index contributed by atoms with van der Waals surface area (Å²) in [7, 11) is 0. The van der Waals surface area contributed by atoms with Gasteiger partial charge in [0.25, 0.3) is 11.5 Å². The molecule has 1 amide bonds. The Hall–Kier alpha value is -1.89. The summed E-state index contributed by atoms with van der Waals surface area (Å²) in [5, 5.41) is 0. The number of hydrogen-bond acceptors (Lipinski definition) is 4. The smallest absolute Gasteiger partial charge is 0.325 e. The average molecular weight is 267 g/mol. The summed E-state index contributed by atoms with van der Waals surface area (Å²) in [6.45, 7) is 3.44. The highest BCUT2D eigenvalue weighted by Gasteiger charge is 2.28. The molecular formula is C12H17N3O4. The van der Waals surface area contributed by atoms with Crippen LogP contribution in [0, 0.1) is 0 Å². The lowest BCUT2D eigenvalue weighted by Gasteiger charge is -2.35. The zero-order valence-electron chi connectivity index (χ0n) is 10.8. The molecule has 7 nitrogen and oxygen atoms in total. The Morgan fingerprint density at radius 1 is 1.53 bits per heavy atom. The number of amides is 1. The van der Waals surface area contributed by atoms with E-state index in [9.17, 15) is 14.4 Å². The second-order valence-electron chi connectivity index (χ2n) is 4.50. The highest BCUT2D eigenvalue weighted by atomic mass is 16.5. The van der Waals surface area contributed by atoms with Gasteiger partial charge in [0.1, 0.15) is 5.56 Å². The van der Waals surface area contributed by atoms with Gasteiger partial charge in [-0.15, -0.1) is 0 Å². The number of nitrogens with zero attached hydrogens (tertiary/aromatic N) is 1. The van der Waals surface area contributed by atoms with Crippen molar-refractivity contribution in [2.75, 3.05) is 19.8 Å². The van der Waals surface area contributed by atoms with Crippen molar-refractivity contribution in [2.24, 2.45) is 0 Å². The molecule has 0 aliphatic carbocycles. The van der Waals surface area contributed by atoms with Crippen LogP contribution < -0.4 is 11.2 Å². The van der Waals surface area contributed by atoms with Gasteiger partial charge >= 0.3 is 5.69 Å². The van der Waals surface area contributed by atoms with Crippen LogP contribution in [0.3, 0.4) is 0 Å². The van der Waals surface area contributed by atoms with Gasteiger partial charge in [-0.2, -0.15) is 0 Å². The monoisotopic (exact) mass is 267 g/mol. The quantitative estimate of drug-likeness (QED) is 0.786. The fourth-order valence-electron chi connectivity index (χ4n) is 2.22. The highest BCUT2D eigenvalue weighted by Crippen LogP contribution is 2.14. The summed E-state index contributed by atoms with van der Waals surface area (Å²) in [5.41, 5.74) is -1.31. The van der Waals surface area contributed by atoms with Gasteiger partial charge in [-0.1, -0.05) is 13.3 Å². The van der Waals surface area contributed by atoms with E-state index in [0.29, 0.717) is 19.8 Å². The van der Waals surface area contributed by atoms with Crippen LogP contribution in [0.2, 0.25) is 0 Å². The maximum absolute atomic E-state index is 12.3. The molecule has 1 atom stereocenters. The summed E-state index contributed by atoms with van der Waals surface area (Å²) in [5.74, 6) is -0.362. The second kappa shape index (κ2) is 5.83. The minimum atomic E-state index is -0.657. The van der Waals surface area contributed by atoms with Crippen molar-refractivity contribution < 1.29 is 9.53 Å². The number of ether oxygens (including phenoxy) is 1. The minimum absolute atomic E-state index is 0.0161. The van der Waals surface area contributed by atoms with E-state index in [-0.39, 0.29) is 17.5 Å². The third-order valence-corrected chi connectivity index (χ3v) is 3.16. The molecule has 0 aromatic carbocycles. The first-order chi connectivity index (χ1) is 9.13. The largest absolute Gasteiger partial charge is 0.377 e. The number of nitrogens with one attached hydrogen (secondary N) is 2. The molecular weight excluding hydrogens is 250 g/mol. The number of carbonyl (C=O) groups excluding carboxylic acids is 1. The number of H-pyrrole nitrogens is 2. The highest BCUT2D eigenvalue weighted by molar-refractivity contribution is 5.93. The SMILES string of the molecule is CCCC1COCCN1C(=O)c1c[nH]c(=O)[nH]c1=O. The van der Waals surface area contributed by atoms with Crippen LogP contribution in [0.1, 0.15) is 30.1 Å². The Kier molecular flexibility index (Phi) is 4.16. The fraction of sp³-hybridized carbons (Fsp3) is 0.583. The van der Waals surface area contributed by atoms with Gasteiger partial charge in [0.05, 0.1) is 19.3 Å². The van der Waals surface area contributed by atoms with E-state index in [2.05, 4.69) is 9.97 Å². The zero-order chi connectivity index (χ0) is 13.8. The topological polar surface area (TPSA) is 95.3 Å². The molecule has 0 bridgehead atoms. The van der Waals surface area contributed by atoms with E-state index in [1.165, 1.54) is 6.20 Å². The van der Waals surface area contributed by atoms with E-state index >= 15 is 0 Å². The molecule has 1 saturated heterocycles. The van der Waals surface area contributed by atoms with Crippen molar-refractivity contribution in [3.05, 3.63) is 32.6 Å². The molecule has 2 rings (SSSR count). The van der Waals surface area contributed by atoms with Gasteiger partial charge in [-0.3, -0.25) is 14.6 Å². The molecule has 7 heteroatoms. The molecule has 0 spiro atoms. The summed E-state index contributed by atoms with van der Waals surface area (Å²) in [4.78, 5) is 41.0. The maximum atomic E-state index is 12.3. The summed E-state index contributed by atoms with van der Waals surface area (Å²) >= 11 is 0. The van der Waals surface area contributed by atoms with Crippen LogP contribution in [0.4, 0.5) is 0 Å². The Morgan fingerprint density at radius 3 is 3.00 bits per heavy atom. The first kappa shape index (κ1) is 13.5. The lowest BCUT2D eigenvalue weighted by atomic mass is 10.1. The predicted molar refractivity (Wildman–Crippen MR) is 68.2 cm³/mol. The molecule has 2 N–H and O–H groups in total. The van der Waals surface area contributed by atoms with E-state index in [4.69, 9.17) is 4.74 Å². The molecule has 1 aliphatic heterocycles. The standard InChI is InChI=1S/C12H17N3O4/c1-2-3-8-7-19-5-4-15(8)11(17)9-6-13-12(18)14-10(9)16/h6,8H,2-5,7H2,1H3,(H2,13,14,16,18). The fourth-order valence-corrected chi connectivity index (χ4v) is 2.22. The van der Waals surface area contributed by atoms with Crippen LogP contribution >= 0.6 is 0 Å². The summed E-state index contributed by atoms with van der Waals surface area (Å²) < 4.78 is 5.36. The molecule has 1 aromatic heterocycles. The molecule has 0 saturated carbocycles. The van der Waals surface area contributed by atoms with Gasteiger partial charge in [0, 0.05) is 12.7 Å². The van der Waals surface area contributed by atoms with E-state index in [1.54, 1.807) is 4.90 Å². The minimum Gasteiger partial charge on any atom is -0.377 e. The van der Waals surface area contributed by atoms with Crippen LogP contribution in [-0.4, -0.2) is 46.6 Å². The number of hydrogen-bond donors (Lipinski definition) is 2. The number of morpholine rings is 1. The number of carbonyl (C=O) groups is 1. The average Bonchev–Trinajstić information content (AvgIpc) is 2.39. The first-order valence-corrected chi connectivity index (χ1v) is 6.34. The molecule has 1 unspecified atom stereocenters. The Balaban J connectivity index is 2.26. The van der Waals surface area contributed by atoms with Gasteiger partial charge < -0.3 is 14.6 Å². The van der Waals surface area contributed by atoms with Crippen LogP contribution in [0.5, 0.6) is 0 Å². The molecule has 104 valence electrons. The number of rotatable bonds is 3.